The molecule has 16 heavy (non-hydrogen) atoms. The summed E-state index contributed by atoms with van der Waals surface area (Å²) in [6, 6.07) is 0. The maximum Gasteiger partial charge on any atom is 0.237 e. The fourth-order valence-corrected chi connectivity index (χ4v) is 2.14. The molecule has 0 bridgehead atoms. The van der Waals surface area contributed by atoms with E-state index in [0.29, 0.717) is 6.54 Å². The summed E-state index contributed by atoms with van der Waals surface area (Å²) in [6.07, 6.45) is 10.6. The third-order valence-electron chi connectivity index (χ3n) is 3.21. The molecule has 1 saturated heterocycles. The van der Waals surface area contributed by atoms with Gasteiger partial charge in [0.2, 0.25) is 5.91 Å². The Bertz CT molecular complexity index is 194. The molecule has 3 heteroatoms. The zero-order valence-corrected chi connectivity index (χ0v) is 10.6. The molecule has 0 spiro atoms. The topological polar surface area (TPSA) is 32.3 Å². The van der Waals surface area contributed by atoms with Gasteiger partial charge < -0.3 is 4.90 Å². The third kappa shape index (κ3) is 5.50. The van der Waals surface area contributed by atoms with Crippen LogP contribution in [-0.4, -0.2) is 30.6 Å². The number of carbonyl (C=O) groups excluding carboxylic acids is 1. The van der Waals surface area contributed by atoms with Gasteiger partial charge in [-0.25, -0.2) is 0 Å². The van der Waals surface area contributed by atoms with Crippen molar-refractivity contribution in [2.45, 2.75) is 58.3 Å². The zero-order valence-electron chi connectivity index (χ0n) is 10.6. The molecule has 1 amide bonds. The first-order valence-corrected chi connectivity index (χ1v) is 6.83. The first kappa shape index (κ1) is 13.5. The van der Waals surface area contributed by atoms with Crippen molar-refractivity contribution in [3.05, 3.63) is 0 Å². The molecule has 0 aromatic rings. The van der Waals surface area contributed by atoms with Gasteiger partial charge in [-0.15, -0.1) is 0 Å². The van der Waals surface area contributed by atoms with Crippen LogP contribution in [0.25, 0.3) is 0 Å². The predicted octanol–water partition coefficient (Wildman–Crippen LogP) is 2.52. The van der Waals surface area contributed by atoms with Crippen molar-refractivity contribution >= 4 is 5.91 Å². The number of hydrogen-bond acceptors (Lipinski definition) is 2. The minimum atomic E-state index is 0.267. The Labute approximate surface area is 99.6 Å². The fourth-order valence-electron chi connectivity index (χ4n) is 2.14. The molecule has 1 aliphatic rings. The number of amides is 1. The van der Waals surface area contributed by atoms with E-state index < -0.39 is 0 Å². The molecule has 3 nitrogen and oxygen atoms in total. The number of nitrogens with zero attached hydrogens (tertiary/aromatic N) is 1. The molecule has 94 valence electrons. The van der Waals surface area contributed by atoms with Gasteiger partial charge in [0.1, 0.15) is 0 Å². The highest BCUT2D eigenvalue weighted by atomic mass is 16.2. The molecule has 1 heterocycles. The lowest BCUT2D eigenvalue weighted by Gasteiger charge is -2.13. The van der Waals surface area contributed by atoms with Crippen LogP contribution >= 0.6 is 0 Å². The van der Waals surface area contributed by atoms with Crippen molar-refractivity contribution in [2.24, 2.45) is 0 Å². The Kier molecular flexibility index (Phi) is 7.23. The number of rotatable bonds is 9. The normalized spacial score (nSPS) is 16.1. The second-order valence-electron chi connectivity index (χ2n) is 4.72. The molecule has 0 atom stereocenters. The largest absolute Gasteiger partial charge is 0.329 e. The highest BCUT2D eigenvalue weighted by molar-refractivity contribution is 5.79. The van der Waals surface area contributed by atoms with Gasteiger partial charge in [0, 0.05) is 6.54 Å². The average Bonchev–Trinajstić information content (AvgIpc) is 2.68. The molecule has 0 unspecified atom stereocenters. The Balaban J connectivity index is 1.83. The number of unbranched alkanes of at least 4 members (excludes halogenated alkanes) is 7. The van der Waals surface area contributed by atoms with Gasteiger partial charge in [-0.2, -0.15) is 0 Å². The van der Waals surface area contributed by atoms with Crippen LogP contribution < -0.4 is 5.32 Å². The summed E-state index contributed by atoms with van der Waals surface area (Å²) < 4.78 is 0. The number of carbonyl (C=O) groups is 1. The van der Waals surface area contributed by atoms with Crippen LogP contribution in [0.1, 0.15) is 58.3 Å². The maximum atomic E-state index is 11.3. The van der Waals surface area contributed by atoms with Gasteiger partial charge in [-0.3, -0.25) is 10.1 Å². The van der Waals surface area contributed by atoms with E-state index in [0.717, 1.165) is 13.2 Å². The molecule has 0 aromatic heterocycles. The Morgan fingerprint density at radius 2 is 1.69 bits per heavy atom. The van der Waals surface area contributed by atoms with Crippen molar-refractivity contribution in [2.75, 3.05) is 19.8 Å². The van der Waals surface area contributed by atoms with Crippen molar-refractivity contribution in [1.82, 2.24) is 10.2 Å². The molecule has 0 radical (unpaired) electrons. The smallest absolute Gasteiger partial charge is 0.237 e. The van der Waals surface area contributed by atoms with Crippen LogP contribution in [-0.2, 0) is 4.79 Å². The molecule has 1 N–H and O–H groups in total. The third-order valence-corrected chi connectivity index (χ3v) is 3.21. The highest BCUT2D eigenvalue weighted by Gasteiger charge is 2.17. The van der Waals surface area contributed by atoms with Gasteiger partial charge in [-0.05, 0) is 6.42 Å². The van der Waals surface area contributed by atoms with Crippen molar-refractivity contribution in [1.29, 1.82) is 0 Å². The van der Waals surface area contributed by atoms with Gasteiger partial charge >= 0.3 is 0 Å². The molecule has 1 aliphatic heterocycles. The highest BCUT2D eigenvalue weighted by Crippen LogP contribution is 2.09. The molecule has 0 aliphatic carbocycles. The molecule has 0 saturated carbocycles. The average molecular weight is 226 g/mol. The van der Waals surface area contributed by atoms with Crippen LogP contribution in [0.2, 0.25) is 0 Å². The van der Waals surface area contributed by atoms with E-state index in [-0.39, 0.29) is 5.91 Å². The zero-order chi connectivity index (χ0) is 11.6. The summed E-state index contributed by atoms with van der Waals surface area (Å²) in [4.78, 5) is 13.2. The van der Waals surface area contributed by atoms with Crippen LogP contribution in [0.3, 0.4) is 0 Å². The summed E-state index contributed by atoms with van der Waals surface area (Å²) in [5.74, 6) is 0.267. The van der Waals surface area contributed by atoms with E-state index in [4.69, 9.17) is 0 Å². The summed E-state index contributed by atoms with van der Waals surface area (Å²) in [5, 5.41) is 3.07. The van der Waals surface area contributed by atoms with E-state index >= 15 is 0 Å². The minimum Gasteiger partial charge on any atom is -0.329 e. The SMILES string of the molecule is CCCCCCCCCCN1CNCC1=O. The second kappa shape index (κ2) is 8.57. The first-order valence-electron chi connectivity index (χ1n) is 6.83. The maximum absolute atomic E-state index is 11.3. The van der Waals surface area contributed by atoms with E-state index in [1.807, 2.05) is 4.90 Å². The van der Waals surface area contributed by atoms with Crippen LogP contribution in [0.5, 0.6) is 0 Å². The van der Waals surface area contributed by atoms with E-state index in [1.54, 1.807) is 0 Å². The monoisotopic (exact) mass is 226 g/mol. The lowest BCUT2D eigenvalue weighted by molar-refractivity contribution is -0.126. The van der Waals surface area contributed by atoms with Crippen LogP contribution in [0.4, 0.5) is 0 Å². The summed E-state index contributed by atoms with van der Waals surface area (Å²) in [6.45, 7) is 4.49. The van der Waals surface area contributed by atoms with Gasteiger partial charge in [0.25, 0.3) is 0 Å². The lowest BCUT2D eigenvalue weighted by Crippen LogP contribution is -2.27. The molecule has 1 fully saturated rings. The Hall–Kier alpha value is -0.570. The van der Waals surface area contributed by atoms with Gasteiger partial charge in [-0.1, -0.05) is 51.9 Å². The molecular weight excluding hydrogens is 200 g/mol. The standard InChI is InChI=1S/C13H26N2O/c1-2-3-4-5-6-7-8-9-10-15-12-14-11-13(15)16/h14H,2-12H2,1H3. The fraction of sp³-hybridized carbons (Fsp3) is 0.923. The summed E-state index contributed by atoms with van der Waals surface area (Å²) in [7, 11) is 0. The van der Waals surface area contributed by atoms with Crippen molar-refractivity contribution < 1.29 is 4.79 Å². The van der Waals surface area contributed by atoms with Crippen LogP contribution in [0.15, 0.2) is 0 Å². The van der Waals surface area contributed by atoms with Crippen LogP contribution in [0, 0.1) is 0 Å². The summed E-state index contributed by atoms with van der Waals surface area (Å²) in [5.41, 5.74) is 0. The van der Waals surface area contributed by atoms with E-state index in [2.05, 4.69) is 12.2 Å². The van der Waals surface area contributed by atoms with E-state index in [9.17, 15) is 4.79 Å². The van der Waals surface area contributed by atoms with Gasteiger partial charge in [0.15, 0.2) is 0 Å². The predicted molar refractivity (Wildman–Crippen MR) is 67.2 cm³/mol. The van der Waals surface area contributed by atoms with E-state index in [1.165, 1.54) is 51.4 Å². The molecular formula is C13H26N2O. The Morgan fingerprint density at radius 3 is 2.25 bits per heavy atom. The number of hydrogen-bond donors (Lipinski definition) is 1. The lowest BCUT2D eigenvalue weighted by atomic mass is 10.1. The minimum absolute atomic E-state index is 0.267. The quantitative estimate of drug-likeness (QED) is 0.613. The Morgan fingerprint density at radius 1 is 1.06 bits per heavy atom. The molecule has 1 rings (SSSR count). The van der Waals surface area contributed by atoms with Gasteiger partial charge in [0.05, 0.1) is 13.2 Å². The summed E-state index contributed by atoms with van der Waals surface area (Å²) >= 11 is 0. The second-order valence-corrected chi connectivity index (χ2v) is 4.72. The van der Waals surface area contributed by atoms with Crippen molar-refractivity contribution in [3.63, 3.8) is 0 Å². The molecule has 0 aromatic carbocycles. The first-order chi connectivity index (χ1) is 7.84. The number of nitrogens with one attached hydrogen (secondary N) is 1. The van der Waals surface area contributed by atoms with Crippen molar-refractivity contribution in [3.8, 4) is 0 Å².